The summed E-state index contributed by atoms with van der Waals surface area (Å²) in [5, 5.41) is 12.1. The average Bonchev–Trinajstić information content (AvgIpc) is 2.86. The number of fused-ring (bicyclic) bond motifs is 1. The van der Waals surface area contributed by atoms with Crippen LogP contribution in [0.3, 0.4) is 0 Å². The number of rotatable bonds is 2. The zero-order valence-electron chi connectivity index (χ0n) is 9.76. The van der Waals surface area contributed by atoms with Crippen molar-refractivity contribution in [1.29, 1.82) is 0 Å². The Hall–Kier alpha value is -2.14. The van der Waals surface area contributed by atoms with Crippen LogP contribution in [-0.2, 0) is 0 Å². The molecule has 0 radical (unpaired) electrons. The van der Waals surface area contributed by atoms with Gasteiger partial charge in [0.15, 0.2) is 0 Å². The molecule has 0 atom stereocenters. The number of hydrogen-bond donors (Lipinski definition) is 1. The first-order valence-electron chi connectivity index (χ1n) is 5.67. The number of H-pyrrole nitrogens is 1. The maximum Gasteiger partial charge on any atom is 0.277 e. The van der Waals surface area contributed by atoms with Gasteiger partial charge in [0.25, 0.3) is 5.69 Å². The van der Waals surface area contributed by atoms with E-state index in [2.05, 4.69) is 20.9 Å². The van der Waals surface area contributed by atoms with Crippen molar-refractivity contribution >= 4 is 32.5 Å². The molecule has 1 N–H and O–H groups in total. The highest BCUT2D eigenvalue weighted by Gasteiger charge is 2.17. The Kier molecular flexibility index (Phi) is 2.83. The minimum Gasteiger partial charge on any atom is -0.361 e. The molecule has 0 bridgehead atoms. The Labute approximate surface area is 117 Å². The van der Waals surface area contributed by atoms with Crippen LogP contribution < -0.4 is 0 Å². The molecule has 2 aromatic carbocycles. The van der Waals surface area contributed by atoms with Crippen LogP contribution in [0.15, 0.2) is 53.1 Å². The van der Waals surface area contributed by atoms with Gasteiger partial charge in [0, 0.05) is 27.6 Å². The summed E-state index contributed by atoms with van der Waals surface area (Å²) in [6.07, 6.45) is 1.83. The zero-order valence-corrected chi connectivity index (χ0v) is 11.3. The van der Waals surface area contributed by atoms with Gasteiger partial charge in [-0.15, -0.1) is 0 Å². The molecule has 4 nitrogen and oxygen atoms in total. The number of nitro benzene ring substituents is 1. The monoisotopic (exact) mass is 316 g/mol. The molecule has 0 saturated carbocycles. The number of halogens is 1. The molecule has 19 heavy (non-hydrogen) atoms. The second kappa shape index (κ2) is 4.51. The van der Waals surface area contributed by atoms with E-state index in [4.69, 9.17) is 0 Å². The van der Waals surface area contributed by atoms with Gasteiger partial charge in [-0.25, -0.2) is 0 Å². The summed E-state index contributed by atoms with van der Waals surface area (Å²) in [4.78, 5) is 13.9. The van der Waals surface area contributed by atoms with Crippen LogP contribution in [0.2, 0.25) is 0 Å². The Balaban J connectivity index is 2.35. The molecule has 1 heterocycles. The summed E-state index contributed by atoms with van der Waals surface area (Å²) in [5.41, 5.74) is 2.54. The lowest BCUT2D eigenvalue weighted by molar-refractivity contribution is -0.384. The summed E-state index contributed by atoms with van der Waals surface area (Å²) in [7, 11) is 0. The molecule has 0 amide bonds. The molecular weight excluding hydrogens is 308 g/mol. The summed E-state index contributed by atoms with van der Waals surface area (Å²) in [6, 6.07) is 12.6. The van der Waals surface area contributed by atoms with E-state index in [1.54, 1.807) is 12.1 Å². The molecule has 3 aromatic rings. The van der Waals surface area contributed by atoms with E-state index in [0.29, 0.717) is 5.56 Å². The van der Waals surface area contributed by atoms with Crippen molar-refractivity contribution in [2.24, 2.45) is 0 Å². The van der Waals surface area contributed by atoms with Crippen LogP contribution in [0.1, 0.15) is 0 Å². The van der Waals surface area contributed by atoms with Crippen molar-refractivity contribution in [3.63, 3.8) is 0 Å². The smallest absolute Gasteiger partial charge is 0.277 e. The minimum atomic E-state index is -0.354. The lowest BCUT2D eigenvalue weighted by Crippen LogP contribution is -1.92. The fourth-order valence-electron chi connectivity index (χ4n) is 2.20. The number of nitro groups is 1. The Bertz CT molecular complexity index is 780. The fourth-order valence-corrected chi connectivity index (χ4v) is 2.56. The van der Waals surface area contributed by atoms with Crippen LogP contribution in [0.25, 0.3) is 22.0 Å². The van der Waals surface area contributed by atoms with Gasteiger partial charge >= 0.3 is 0 Å². The molecule has 3 rings (SSSR count). The number of aromatic amines is 1. The average molecular weight is 317 g/mol. The SMILES string of the molecule is O=[N+]([O-])c1ccc(Br)cc1-c1cccc2[nH]ccc12. The van der Waals surface area contributed by atoms with Crippen LogP contribution in [0, 0.1) is 10.1 Å². The quantitative estimate of drug-likeness (QED) is 0.558. The number of benzene rings is 2. The van der Waals surface area contributed by atoms with Crippen molar-refractivity contribution in [3.05, 3.63) is 63.2 Å². The van der Waals surface area contributed by atoms with Gasteiger partial charge in [-0.1, -0.05) is 28.1 Å². The van der Waals surface area contributed by atoms with E-state index in [9.17, 15) is 10.1 Å². The molecule has 5 heteroatoms. The maximum atomic E-state index is 11.2. The summed E-state index contributed by atoms with van der Waals surface area (Å²) < 4.78 is 0.820. The third-order valence-corrected chi connectivity index (χ3v) is 3.53. The maximum absolute atomic E-state index is 11.2. The Morgan fingerprint density at radius 3 is 2.74 bits per heavy atom. The zero-order chi connectivity index (χ0) is 13.4. The van der Waals surface area contributed by atoms with Crippen molar-refractivity contribution in [3.8, 4) is 11.1 Å². The Morgan fingerprint density at radius 1 is 1.11 bits per heavy atom. The summed E-state index contributed by atoms with van der Waals surface area (Å²) in [6.45, 7) is 0. The normalized spacial score (nSPS) is 10.8. The van der Waals surface area contributed by atoms with Gasteiger partial charge in [0.05, 0.1) is 10.5 Å². The molecule has 0 spiro atoms. The fraction of sp³-hybridized carbons (Fsp3) is 0. The number of nitrogens with zero attached hydrogens (tertiary/aromatic N) is 1. The van der Waals surface area contributed by atoms with E-state index in [-0.39, 0.29) is 10.6 Å². The highest BCUT2D eigenvalue weighted by molar-refractivity contribution is 9.10. The number of hydrogen-bond acceptors (Lipinski definition) is 2. The molecule has 0 aliphatic carbocycles. The van der Waals surface area contributed by atoms with Crippen molar-refractivity contribution in [2.75, 3.05) is 0 Å². The highest BCUT2D eigenvalue weighted by Crippen LogP contribution is 2.36. The van der Waals surface area contributed by atoms with Gasteiger partial charge in [-0.3, -0.25) is 10.1 Å². The summed E-state index contributed by atoms with van der Waals surface area (Å²) >= 11 is 3.37. The van der Waals surface area contributed by atoms with Gasteiger partial charge < -0.3 is 4.98 Å². The lowest BCUT2D eigenvalue weighted by atomic mass is 10.0. The van der Waals surface area contributed by atoms with E-state index in [0.717, 1.165) is 20.9 Å². The van der Waals surface area contributed by atoms with Crippen LogP contribution in [-0.4, -0.2) is 9.91 Å². The largest absolute Gasteiger partial charge is 0.361 e. The van der Waals surface area contributed by atoms with Crippen LogP contribution in [0.5, 0.6) is 0 Å². The third-order valence-electron chi connectivity index (χ3n) is 3.04. The standard InChI is InChI=1S/C14H9BrN2O2/c15-9-4-5-14(17(18)19)12(8-9)10-2-1-3-13-11(10)6-7-16-13/h1-8,16H. The van der Waals surface area contributed by atoms with Gasteiger partial charge in [0.1, 0.15) is 0 Å². The molecular formula is C14H9BrN2O2. The van der Waals surface area contributed by atoms with Gasteiger partial charge in [0.2, 0.25) is 0 Å². The molecule has 0 aliphatic rings. The molecule has 0 fully saturated rings. The first-order chi connectivity index (χ1) is 9.16. The van der Waals surface area contributed by atoms with Gasteiger partial charge in [-0.05, 0) is 29.8 Å². The molecule has 0 saturated heterocycles. The second-order valence-corrected chi connectivity index (χ2v) is 5.08. The minimum absolute atomic E-state index is 0.108. The highest BCUT2D eigenvalue weighted by atomic mass is 79.9. The van der Waals surface area contributed by atoms with E-state index in [1.807, 2.05) is 30.5 Å². The first kappa shape index (κ1) is 11.9. The Morgan fingerprint density at radius 2 is 1.95 bits per heavy atom. The lowest BCUT2D eigenvalue weighted by Gasteiger charge is -2.05. The molecule has 0 unspecified atom stereocenters. The van der Waals surface area contributed by atoms with Crippen molar-refractivity contribution in [2.45, 2.75) is 0 Å². The van der Waals surface area contributed by atoms with E-state index < -0.39 is 0 Å². The van der Waals surface area contributed by atoms with Gasteiger partial charge in [-0.2, -0.15) is 0 Å². The van der Waals surface area contributed by atoms with E-state index >= 15 is 0 Å². The van der Waals surface area contributed by atoms with Crippen LogP contribution in [0.4, 0.5) is 5.69 Å². The van der Waals surface area contributed by atoms with Crippen molar-refractivity contribution in [1.82, 2.24) is 4.98 Å². The van der Waals surface area contributed by atoms with Crippen LogP contribution >= 0.6 is 15.9 Å². The predicted octanol–water partition coefficient (Wildman–Crippen LogP) is 4.51. The first-order valence-corrected chi connectivity index (χ1v) is 6.46. The molecule has 1 aromatic heterocycles. The summed E-state index contributed by atoms with van der Waals surface area (Å²) in [5.74, 6) is 0. The molecule has 0 aliphatic heterocycles. The second-order valence-electron chi connectivity index (χ2n) is 4.16. The topological polar surface area (TPSA) is 58.9 Å². The predicted molar refractivity (Wildman–Crippen MR) is 78.1 cm³/mol. The van der Waals surface area contributed by atoms with Crippen molar-refractivity contribution < 1.29 is 4.92 Å². The van der Waals surface area contributed by atoms with E-state index in [1.165, 1.54) is 6.07 Å². The third kappa shape index (κ3) is 2.02. The molecule has 94 valence electrons. The number of aromatic nitrogens is 1. The number of nitrogens with one attached hydrogen (secondary N) is 1.